The van der Waals surface area contributed by atoms with Crippen LogP contribution in [0.15, 0.2) is 18.2 Å². The van der Waals surface area contributed by atoms with Gasteiger partial charge in [-0.1, -0.05) is 0 Å². The second kappa shape index (κ2) is 7.44. The lowest BCUT2D eigenvalue weighted by molar-refractivity contribution is -0.137. The molecule has 0 aliphatic rings. The van der Waals surface area contributed by atoms with Gasteiger partial charge in [0.25, 0.3) is 5.91 Å². The van der Waals surface area contributed by atoms with E-state index in [0.717, 1.165) is 0 Å². The average Bonchev–Trinajstić information content (AvgIpc) is 2.37. The first-order valence-electron chi connectivity index (χ1n) is 5.65. The van der Waals surface area contributed by atoms with Crippen LogP contribution in [0.1, 0.15) is 15.9 Å². The van der Waals surface area contributed by atoms with E-state index >= 15 is 0 Å². The number of nitrogens with one attached hydrogen (secondary N) is 1. The second-order valence-electron chi connectivity index (χ2n) is 3.75. The fraction of sp³-hybridized carbons (Fsp3) is 0.417. The minimum atomic E-state index is -4.63. The van der Waals surface area contributed by atoms with Crippen molar-refractivity contribution in [3.05, 3.63) is 35.1 Å². The minimum absolute atomic E-state index is 0.0470. The van der Waals surface area contributed by atoms with E-state index in [2.05, 4.69) is 5.32 Å². The molecule has 0 aliphatic heterocycles. The maximum atomic E-state index is 13.4. The fourth-order valence-corrected chi connectivity index (χ4v) is 1.47. The molecule has 0 spiro atoms. The van der Waals surface area contributed by atoms with Crippen LogP contribution in [0.25, 0.3) is 0 Å². The molecule has 0 aromatic heterocycles. The first-order chi connectivity index (χ1) is 9.36. The van der Waals surface area contributed by atoms with Crippen molar-refractivity contribution in [1.82, 2.24) is 5.32 Å². The van der Waals surface area contributed by atoms with Gasteiger partial charge in [-0.2, -0.15) is 13.2 Å². The Bertz CT molecular complexity index is 465. The third kappa shape index (κ3) is 4.97. The monoisotopic (exact) mass is 313 g/mol. The molecule has 1 amide bonds. The van der Waals surface area contributed by atoms with E-state index in [4.69, 9.17) is 16.3 Å². The van der Waals surface area contributed by atoms with E-state index in [0.29, 0.717) is 18.2 Å². The van der Waals surface area contributed by atoms with E-state index in [1.807, 2.05) is 0 Å². The van der Waals surface area contributed by atoms with Crippen LogP contribution in [0.2, 0.25) is 0 Å². The number of hydrogen-bond acceptors (Lipinski definition) is 2. The summed E-state index contributed by atoms with van der Waals surface area (Å²) in [4.78, 5) is 11.6. The van der Waals surface area contributed by atoms with Crippen LogP contribution < -0.4 is 5.32 Å². The number of carbonyl (C=O) groups is 1. The highest BCUT2D eigenvalue weighted by atomic mass is 35.5. The number of carbonyl (C=O) groups excluding carboxylic acids is 1. The molecular formula is C12H12ClF4NO2. The van der Waals surface area contributed by atoms with Crippen molar-refractivity contribution in [3.63, 3.8) is 0 Å². The Morgan fingerprint density at radius 1 is 1.30 bits per heavy atom. The first kappa shape index (κ1) is 16.7. The first-order valence-corrected chi connectivity index (χ1v) is 6.18. The Morgan fingerprint density at radius 3 is 2.60 bits per heavy atom. The van der Waals surface area contributed by atoms with Crippen LogP contribution in [0, 0.1) is 5.82 Å². The van der Waals surface area contributed by atoms with Gasteiger partial charge in [0.2, 0.25) is 0 Å². The van der Waals surface area contributed by atoms with Crippen LogP contribution >= 0.6 is 11.6 Å². The van der Waals surface area contributed by atoms with Gasteiger partial charge in [0, 0.05) is 12.4 Å². The van der Waals surface area contributed by atoms with E-state index in [1.165, 1.54) is 0 Å². The summed E-state index contributed by atoms with van der Waals surface area (Å²) in [6, 6.07) is 1.67. The predicted octanol–water partition coefficient (Wildman–Crippen LogP) is 2.83. The van der Waals surface area contributed by atoms with Gasteiger partial charge in [0.15, 0.2) is 0 Å². The van der Waals surface area contributed by atoms with Crippen LogP contribution in [0.3, 0.4) is 0 Å². The van der Waals surface area contributed by atoms with Crippen molar-refractivity contribution in [1.29, 1.82) is 0 Å². The maximum absolute atomic E-state index is 13.4. The maximum Gasteiger partial charge on any atom is 0.416 e. The van der Waals surface area contributed by atoms with Crippen molar-refractivity contribution < 1.29 is 27.1 Å². The number of alkyl halides is 4. The molecule has 20 heavy (non-hydrogen) atoms. The molecule has 0 saturated carbocycles. The molecule has 0 aliphatic carbocycles. The molecule has 0 saturated heterocycles. The van der Waals surface area contributed by atoms with Crippen molar-refractivity contribution in [2.75, 3.05) is 25.6 Å². The summed E-state index contributed by atoms with van der Waals surface area (Å²) in [6.07, 6.45) is -4.63. The summed E-state index contributed by atoms with van der Waals surface area (Å²) < 4.78 is 55.7. The number of benzene rings is 1. The minimum Gasteiger partial charge on any atom is -0.378 e. The molecule has 0 heterocycles. The van der Waals surface area contributed by atoms with Crippen molar-refractivity contribution in [3.8, 4) is 0 Å². The van der Waals surface area contributed by atoms with Gasteiger partial charge in [-0.3, -0.25) is 4.79 Å². The van der Waals surface area contributed by atoms with Crippen molar-refractivity contribution in [2.45, 2.75) is 6.18 Å². The number of halogens is 5. The summed E-state index contributed by atoms with van der Waals surface area (Å²) in [5.41, 5.74) is -1.74. The number of rotatable bonds is 6. The van der Waals surface area contributed by atoms with E-state index in [1.54, 1.807) is 0 Å². The van der Waals surface area contributed by atoms with Crippen molar-refractivity contribution in [2.24, 2.45) is 0 Å². The molecule has 3 nitrogen and oxygen atoms in total. The summed E-state index contributed by atoms with van der Waals surface area (Å²) >= 11 is 5.35. The molecule has 8 heteroatoms. The van der Waals surface area contributed by atoms with Crippen LogP contribution in [0.4, 0.5) is 17.6 Å². The molecule has 1 aromatic rings. The largest absolute Gasteiger partial charge is 0.416 e. The highest BCUT2D eigenvalue weighted by molar-refractivity contribution is 6.17. The Labute approximate surface area is 117 Å². The van der Waals surface area contributed by atoms with E-state index in [-0.39, 0.29) is 25.6 Å². The van der Waals surface area contributed by atoms with Gasteiger partial charge >= 0.3 is 6.18 Å². The van der Waals surface area contributed by atoms with E-state index in [9.17, 15) is 22.4 Å². The molecule has 0 radical (unpaired) electrons. The van der Waals surface area contributed by atoms with Gasteiger partial charge < -0.3 is 10.1 Å². The summed E-state index contributed by atoms with van der Waals surface area (Å²) in [6.45, 7) is 0.472. The smallest absolute Gasteiger partial charge is 0.378 e. The number of hydrogen-bond donors (Lipinski definition) is 1. The molecule has 112 valence electrons. The zero-order chi connectivity index (χ0) is 15.2. The SMILES string of the molecule is O=C(NCCOCCCl)c1cc(C(F)(F)F)ccc1F. The number of ether oxygens (including phenoxy) is 1. The molecule has 0 atom stereocenters. The van der Waals surface area contributed by atoms with Crippen molar-refractivity contribution >= 4 is 17.5 Å². The molecule has 0 fully saturated rings. The molecule has 0 unspecified atom stereocenters. The second-order valence-corrected chi connectivity index (χ2v) is 4.13. The van der Waals surface area contributed by atoms with E-state index < -0.39 is 29.0 Å². The lowest BCUT2D eigenvalue weighted by atomic mass is 10.1. The highest BCUT2D eigenvalue weighted by Crippen LogP contribution is 2.30. The Kier molecular flexibility index (Phi) is 6.22. The number of amides is 1. The molecule has 1 rings (SSSR count). The van der Waals surface area contributed by atoms with Gasteiger partial charge in [-0.05, 0) is 18.2 Å². The lowest BCUT2D eigenvalue weighted by Gasteiger charge is -2.10. The van der Waals surface area contributed by atoms with Gasteiger partial charge in [-0.25, -0.2) is 4.39 Å². The zero-order valence-electron chi connectivity index (χ0n) is 10.3. The molecule has 1 aromatic carbocycles. The summed E-state index contributed by atoms with van der Waals surface area (Å²) in [7, 11) is 0. The van der Waals surface area contributed by atoms with Gasteiger partial charge in [0.05, 0.1) is 24.3 Å². The topological polar surface area (TPSA) is 38.3 Å². The third-order valence-electron chi connectivity index (χ3n) is 2.29. The molecular weight excluding hydrogens is 302 g/mol. The zero-order valence-corrected chi connectivity index (χ0v) is 11.0. The fourth-order valence-electron chi connectivity index (χ4n) is 1.36. The molecule has 1 N–H and O–H groups in total. The standard InChI is InChI=1S/C12H12ClF4NO2/c13-3-5-20-6-4-18-11(19)9-7-8(12(15,16)17)1-2-10(9)14/h1-2,7H,3-6H2,(H,18,19). The summed E-state index contributed by atoms with van der Waals surface area (Å²) in [5.74, 6) is -1.66. The van der Waals surface area contributed by atoms with Crippen LogP contribution in [-0.4, -0.2) is 31.5 Å². The Hall–Kier alpha value is -1.34. The van der Waals surface area contributed by atoms with Gasteiger partial charge in [0.1, 0.15) is 5.82 Å². The Balaban J connectivity index is 2.67. The normalized spacial score (nSPS) is 11.4. The predicted molar refractivity (Wildman–Crippen MR) is 65.3 cm³/mol. The molecule has 0 bridgehead atoms. The summed E-state index contributed by atoms with van der Waals surface area (Å²) in [5, 5.41) is 2.26. The third-order valence-corrected chi connectivity index (χ3v) is 2.45. The average molecular weight is 314 g/mol. The Morgan fingerprint density at radius 2 is 2.00 bits per heavy atom. The highest BCUT2D eigenvalue weighted by Gasteiger charge is 2.31. The van der Waals surface area contributed by atoms with Crippen LogP contribution in [0.5, 0.6) is 0 Å². The van der Waals surface area contributed by atoms with Crippen LogP contribution in [-0.2, 0) is 10.9 Å². The quantitative estimate of drug-likeness (QED) is 0.498. The lowest BCUT2D eigenvalue weighted by Crippen LogP contribution is -2.28. The van der Waals surface area contributed by atoms with Gasteiger partial charge in [-0.15, -0.1) is 11.6 Å².